The zero-order valence-electron chi connectivity index (χ0n) is 10.9. The van der Waals surface area contributed by atoms with E-state index < -0.39 is 9.84 Å². The number of hydrogen-bond acceptors (Lipinski definition) is 4. The van der Waals surface area contributed by atoms with Gasteiger partial charge in [0.1, 0.15) is 21.7 Å². The Kier molecular flexibility index (Phi) is 4.84. The highest BCUT2D eigenvalue weighted by molar-refractivity contribution is 9.08. The quantitative estimate of drug-likeness (QED) is 0.785. The van der Waals surface area contributed by atoms with Crippen LogP contribution in [0.3, 0.4) is 0 Å². The van der Waals surface area contributed by atoms with Crippen molar-refractivity contribution in [1.29, 1.82) is 0 Å². The van der Waals surface area contributed by atoms with E-state index in [0.29, 0.717) is 17.5 Å². The van der Waals surface area contributed by atoms with Crippen LogP contribution in [-0.2, 0) is 15.2 Å². The molecule has 0 saturated heterocycles. The standard InChI is InChI=1S/C13H18BrNO3S/c1-19(16,17)13-4-2-3-11(7-13)18-12-6-5-10(8-14)15-9-12/h5-6,9,11,13H,2-4,7-8H2,1H3. The number of ether oxygens (including phenoxy) is 1. The van der Waals surface area contributed by atoms with Gasteiger partial charge in [-0.25, -0.2) is 8.42 Å². The van der Waals surface area contributed by atoms with Gasteiger partial charge in [-0.15, -0.1) is 0 Å². The summed E-state index contributed by atoms with van der Waals surface area (Å²) in [5.41, 5.74) is 0.949. The van der Waals surface area contributed by atoms with Crippen LogP contribution in [0.5, 0.6) is 5.75 Å². The van der Waals surface area contributed by atoms with Crippen LogP contribution in [0.2, 0.25) is 0 Å². The lowest BCUT2D eigenvalue weighted by atomic mass is 9.97. The number of alkyl halides is 1. The van der Waals surface area contributed by atoms with E-state index in [1.807, 2.05) is 12.1 Å². The Morgan fingerprint density at radius 1 is 1.42 bits per heavy atom. The van der Waals surface area contributed by atoms with Gasteiger partial charge in [0.15, 0.2) is 0 Å². The van der Waals surface area contributed by atoms with E-state index in [0.717, 1.165) is 25.0 Å². The topological polar surface area (TPSA) is 56.3 Å². The minimum atomic E-state index is -2.96. The molecule has 0 N–H and O–H groups in total. The molecule has 4 nitrogen and oxygen atoms in total. The Morgan fingerprint density at radius 3 is 2.79 bits per heavy atom. The summed E-state index contributed by atoms with van der Waals surface area (Å²) in [4.78, 5) is 4.24. The average molecular weight is 348 g/mol. The largest absolute Gasteiger partial charge is 0.489 e. The second-order valence-electron chi connectivity index (χ2n) is 4.98. The maximum absolute atomic E-state index is 11.6. The molecule has 0 radical (unpaired) electrons. The van der Waals surface area contributed by atoms with E-state index in [2.05, 4.69) is 20.9 Å². The van der Waals surface area contributed by atoms with Gasteiger partial charge in [0, 0.05) is 18.0 Å². The summed E-state index contributed by atoms with van der Waals surface area (Å²) in [5.74, 6) is 0.712. The SMILES string of the molecule is CS(=O)(=O)C1CCCC(Oc2ccc(CBr)nc2)C1. The molecule has 1 aliphatic carbocycles. The summed E-state index contributed by atoms with van der Waals surface area (Å²) in [7, 11) is -2.96. The minimum Gasteiger partial charge on any atom is -0.489 e. The van der Waals surface area contributed by atoms with E-state index in [1.165, 1.54) is 6.26 Å². The van der Waals surface area contributed by atoms with Crippen molar-refractivity contribution in [1.82, 2.24) is 4.98 Å². The van der Waals surface area contributed by atoms with Crippen molar-refractivity contribution in [2.75, 3.05) is 6.26 Å². The van der Waals surface area contributed by atoms with Crippen molar-refractivity contribution < 1.29 is 13.2 Å². The summed E-state index contributed by atoms with van der Waals surface area (Å²) >= 11 is 3.34. The van der Waals surface area contributed by atoms with Gasteiger partial charge >= 0.3 is 0 Å². The third-order valence-electron chi connectivity index (χ3n) is 3.42. The summed E-state index contributed by atoms with van der Waals surface area (Å²) in [6, 6.07) is 3.79. The first-order valence-electron chi connectivity index (χ1n) is 6.35. The van der Waals surface area contributed by atoms with Crippen molar-refractivity contribution in [3.05, 3.63) is 24.0 Å². The summed E-state index contributed by atoms with van der Waals surface area (Å²) in [6.45, 7) is 0. The van der Waals surface area contributed by atoms with Crippen molar-refractivity contribution in [3.8, 4) is 5.75 Å². The molecule has 0 bridgehead atoms. The average Bonchev–Trinajstić information content (AvgIpc) is 2.39. The number of halogens is 1. The van der Waals surface area contributed by atoms with Crippen molar-refractivity contribution in [2.24, 2.45) is 0 Å². The first-order chi connectivity index (χ1) is 8.99. The second-order valence-corrected chi connectivity index (χ2v) is 7.86. The maximum Gasteiger partial charge on any atom is 0.150 e. The predicted octanol–water partition coefficient (Wildman–Crippen LogP) is 2.71. The number of sulfone groups is 1. The Bertz CT molecular complexity index is 515. The third kappa shape index (κ3) is 4.18. The van der Waals surface area contributed by atoms with Crippen LogP contribution in [0.15, 0.2) is 18.3 Å². The van der Waals surface area contributed by atoms with E-state index >= 15 is 0 Å². The smallest absolute Gasteiger partial charge is 0.150 e. The first-order valence-corrected chi connectivity index (χ1v) is 9.43. The van der Waals surface area contributed by atoms with Crippen LogP contribution in [-0.4, -0.2) is 31.0 Å². The van der Waals surface area contributed by atoms with Gasteiger partial charge in [-0.3, -0.25) is 4.98 Å². The summed E-state index contributed by atoms with van der Waals surface area (Å²) in [6.07, 6.45) is 6.12. The third-order valence-corrected chi connectivity index (χ3v) is 5.63. The second kappa shape index (κ2) is 6.22. The Labute approximate surface area is 122 Å². The fourth-order valence-corrected chi connectivity index (χ4v) is 3.84. The highest BCUT2D eigenvalue weighted by Crippen LogP contribution is 2.27. The molecule has 0 spiro atoms. The maximum atomic E-state index is 11.6. The lowest BCUT2D eigenvalue weighted by Gasteiger charge is -2.28. The summed E-state index contributed by atoms with van der Waals surface area (Å²) in [5, 5.41) is 0.452. The molecule has 0 aromatic carbocycles. The first kappa shape index (κ1) is 14.8. The minimum absolute atomic E-state index is 0.0231. The van der Waals surface area contributed by atoms with Crippen LogP contribution >= 0.6 is 15.9 Å². The molecule has 106 valence electrons. The van der Waals surface area contributed by atoms with Gasteiger partial charge in [-0.2, -0.15) is 0 Å². The van der Waals surface area contributed by atoms with Gasteiger partial charge in [-0.1, -0.05) is 15.9 Å². The molecule has 0 amide bonds. The van der Waals surface area contributed by atoms with E-state index in [4.69, 9.17) is 4.74 Å². The highest BCUT2D eigenvalue weighted by Gasteiger charge is 2.29. The fourth-order valence-electron chi connectivity index (χ4n) is 2.35. The van der Waals surface area contributed by atoms with Gasteiger partial charge in [-0.05, 0) is 31.4 Å². The van der Waals surface area contributed by atoms with Crippen molar-refractivity contribution in [2.45, 2.75) is 42.4 Å². The van der Waals surface area contributed by atoms with Crippen LogP contribution < -0.4 is 4.74 Å². The normalized spacial score (nSPS) is 24.1. The number of rotatable bonds is 4. The van der Waals surface area contributed by atoms with Crippen LogP contribution in [0, 0.1) is 0 Å². The molecule has 6 heteroatoms. The number of aromatic nitrogens is 1. The Morgan fingerprint density at radius 2 is 2.21 bits per heavy atom. The van der Waals surface area contributed by atoms with Gasteiger partial charge in [0.25, 0.3) is 0 Å². The molecule has 1 saturated carbocycles. The molecular weight excluding hydrogens is 330 g/mol. The van der Waals surface area contributed by atoms with Crippen molar-refractivity contribution >= 4 is 25.8 Å². The lowest BCUT2D eigenvalue weighted by Crippen LogP contribution is -2.33. The molecule has 1 fully saturated rings. The van der Waals surface area contributed by atoms with E-state index in [-0.39, 0.29) is 11.4 Å². The predicted molar refractivity (Wildman–Crippen MR) is 78.4 cm³/mol. The molecule has 1 aromatic rings. The Hall–Kier alpha value is -0.620. The van der Waals surface area contributed by atoms with Crippen LogP contribution in [0.25, 0.3) is 0 Å². The lowest BCUT2D eigenvalue weighted by molar-refractivity contribution is 0.155. The molecule has 2 unspecified atom stereocenters. The number of hydrogen-bond donors (Lipinski definition) is 0. The monoisotopic (exact) mass is 347 g/mol. The zero-order valence-corrected chi connectivity index (χ0v) is 13.3. The van der Waals surface area contributed by atoms with Gasteiger partial charge < -0.3 is 4.74 Å². The molecular formula is C13H18BrNO3S. The number of nitrogens with zero attached hydrogens (tertiary/aromatic N) is 1. The molecule has 2 atom stereocenters. The van der Waals surface area contributed by atoms with Gasteiger partial charge in [0.2, 0.25) is 0 Å². The fraction of sp³-hybridized carbons (Fsp3) is 0.615. The molecule has 0 aliphatic heterocycles. The van der Waals surface area contributed by atoms with E-state index in [1.54, 1.807) is 6.20 Å². The zero-order chi connectivity index (χ0) is 13.9. The molecule has 1 heterocycles. The van der Waals surface area contributed by atoms with Gasteiger partial charge in [0.05, 0.1) is 17.1 Å². The Balaban J connectivity index is 1.98. The molecule has 1 aliphatic rings. The summed E-state index contributed by atoms with van der Waals surface area (Å²) < 4.78 is 29.0. The molecule has 19 heavy (non-hydrogen) atoms. The number of pyridine rings is 1. The van der Waals surface area contributed by atoms with Crippen LogP contribution in [0.4, 0.5) is 0 Å². The van der Waals surface area contributed by atoms with Crippen LogP contribution in [0.1, 0.15) is 31.4 Å². The highest BCUT2D eigenvalue weighted by atomic mass is 79.9. The molecule has 1 aromatic heterocycles. The molecule has 2 rings (SSSR count). The van der Waals surface area contributed by atoms with Crippen molar-refractivity contribution in [3.63, 3.8) is 0 Å². The van der Waals surface area contributed by atoms with E-state index in [9.17, 15) is 8.42 Å².